The number of alkyl halides is 3. The van der Waals surface area contributed by atoms with E-state index in [4.69, 9.17) is 17.3 Å². The Labute approximate surface area is 227 Å². The zero-order valence-electron chi connectivity index (χ0n) is 21.8. The molecule has 0 unspecified atom stereocenters. The lowest BCUT2D eigenvalue weighted by molar-refractivity contribution is -0.137. The van der Waals surface area contributed by atoms with E-state index in [1.807, 2.05) is 0 Å². The minimum atomic E-state index is -4.48. The van der Waals surface area contributed by atoms with Crippen LogP contribution < -0.4 is 5.73 Å². The van der Waals surface area contributed by atoms with Gasteiger partial charge in [0, 0.05) is 48.0 Å². The van der Waals surface area contributed by atoms with Crippen LogP contribution in [0.5, 0.6) is 0 Å². The fourth-order valence-electron chi connectivity index (χ4n) is 6.14. The molecule has 0 bridgehead atoms. The van der Waals surface area contributed by atoms with Gasteiger partial charge in [-0.15, -0.1) is 0 Å². The Morgan fingerprint density at radius 3 is 2.18 bits per heavy atom. The number of nitrogens with zero attached hydrogens (tertiary/aromatic N) is 2. The molecule has 0 atom stereocenters. The number of hydrogen-bond donors (Lipinski definition) is 1. The van der Waals surface area contributed by atoms with Crippen LogP contribution in [0.1, 0.15) is 49.3 Å². The van der Waals surface area contributed by atoms with Gasteiger partial charge in [0.25, 0.3) is 0 Å². The molecule has 1 saturated carbocycles. The topological polar surface area (TPSA) is 34.2 Å². The molecule has 1 aromatic heterocycles. The molecule has 1 aliphatic carbocycles. The second-order valence-electron chi connectivity index (χ2n) is 10.7. The third-order valence-corrected chi connectivity index (χ3v) is 8.45. The summed E-state index contributed by atoms with van der Waals surface area (Å²) < 4.78 is 43.0. The highest BCUT2D eigenvalue weighted by Crippen LogP contribution is 2.36. The number of aromatic nitrogens is 1. The van der Waals surface area contributed by atoms with Crippen LogP contribution in [0.15, 0.2) is 60.7 Å². The van der Waals surface area contributed by atoms with Crippen molar-refractivity contribution < 1.29 is 13.2 Å². The Morgan fingerprint density at radius 1 is 0.868 bits per heavy atom. The normalized spacial score (nSPS) is 18.6. The molecule has 3 aromatic carbocycles. The van der Waals surface area contributed by atoms with Gasteiger partial charge in [-0.05, 0) is 92.4 Å². The van der Waals surface area contributed by atoms with Crippen LogP contribution in [0, 0.1) is 11.8 Å². The maximum atomic E-state index is 13.6. The van der Waals surface area contributed by atoms with Crippen molar-refractivity contribution in [3.63, 3.8) is 0 Å². The predicted octanol–water partition coefficient (Wildman–Crippen LogP) is 8.25. The van der Waals surface area contributed by atoms with Crippen LogP contribution in [0.25, 0.3) is 21.8 Å². The summed E-state index contributed by atoms with van der Waals surface area (Å²) >= 11 is 5.90. The van der Waals surface area contributed by atoms with Crippen molar-refractivity contribution >= 4 is 33.4 Å². The summed E-state index contributed by atoms with van der Waals surface area (Å²) in [4.78, 5) is 2.30. The zero-order chi connectivity index (χ0) is 26.9. The Kier molecular flexibility index (Phi) is 8.03. The highest BCUT2D eigenvalue weighted by Gasteiger charge is 2.33. The van der Waals surface area contributed by atoms with Crippen molar-refractivity contribution in [3.05, 3.63) is 82.4 Å². The molecule has 38 heavy (non-hydrogen) atoms. The largest absolute Gasteiger partial charge is 0.417 e. The third kappa shape index (κ3) is 5.73. The summed E-state index contributed by atoms with van der Waals surface area (Å²) in [5, 5.41) is 2.19. The number of nitrogens with two attached hydrogens (primary N) is 1. The van der Waals surface area contributed by atoms with Crippen LogP contribution in [-0.4, -0.2) is 22.6 Å². The average Bonchev–Trinajstić information content (AvgIpc) is 3.22. The lowest BCUT2D eigenvalue weighted by atomic mass is 9.82. The van der Waals surface area contributed by atoms with E-state index < -0.39 is 11.7 Å². The second-order valence-corrected chi connectivity index (χ2v) is 11.1. The molecule has 202 valence electrons. The molecule has 5 rings (SSSR count). The number of halogens is 4. The molecular weight excluding hydrogens is 507 g/mol. The molecule has 7 heteroatoms. The van der Waals surface area contributed by atoms with Crippen LogP contribution in [0.4, 0.5) is 13.2 Å². The van der Waals surface area contributed by atoms with Gasteiger partial charge in [0.2, 0.25) is 0 Å². The first-order chi connectivity index (χ1) is 18.3. The molecule has 0 aliphatic heterocycles. The molecule has 0 saturated heterocycles. The van der Waals surface area contributed by atoms with E-state index >= 15 is 0 Å². The summed E-state index contributed by atoms with van der Waals surface area (Å²) in [5.41, 5.74) is 9.34. The Morgan fingerprint density at radius 2 is 1.50 bits per heavy atom. The SMILES string of the molecule is CCn1c2ccccc2c2cc(CN(Cc3ccc(Cl)c(C(F)(F)F)c3)CC3CCC(CN)CC3)ccc21. The van der Waals surface area contributed by atoms with E-state index in [1.165, 1.54) is 33.9 Å². The maximum Gasteiger partial charge on any atom is 0.417 e. The first kappa shape index (κ1) is 27.0. The lowest BCUT2D eigenvalue weighted by Gasteiger charge is -2.32. The van der Waals surface area contributed by atoms with Crippen molar-refractivity contribution in [2.24, 2.45) is 17.6 Å². The number of benzene rings is 3. The third-order valence-electron chi connectivity index (χ3n) is 8.12. The van der Waals surface area contributed by atoms with Crippen molar-refractivity contribution in [3.8, 4) is 0 Å². The summed E-state index contributed by atoms with van der Waals surface area (Å²) in [7, 11) is 0. The van der Waals surface area contributed by atoms with E-state index in [9.17, 15) is 13.2 Å². The first-order valence-corrected chi connectivity index (χ1v) is 13.9. The van der Waals surface area contributed by atoms with E-state index in [0.29, 0.717) is 30.5 Å². The number of para-hydroxylation sites is 1. The molecule has 3 nitrogen and oxygen atoms in total. The smallest absolute Gasteiger partial charge is 0.341 e. The summed E-state index contributed by atoms with van der Waals surface area (Å²) in [6.45, 7) is 5.72. The van der Waals surface area contributed by atoms with Gasteiger partial charge in [0.05, 0.1) is 10.6 Å². The predicted molar refractivity (Wildman–Crippen MR) is 150 cm³/mol. The van der Waals surface area contributed by atoms with Crippen molar-refractivity contribution in [1.82, 2.24) is 9.47 Å². The zero-order valence-corrected chi connectivity index (χ0v) is 22.5. The van der Waals surface area contributed by atoms with Gasteiger partial charge in [0.1, 0.15) is 0 Å². The van der Waals surface area contributed by atoms with Crippen LogP contribution >= 0.6 is 11.6 Å². The monoisotopic (exact) mass is 541 g/mol. The standard InChI is InChI=1S/C31H35ClF3N3/c1-2-38-29-6-4-3-5-25(29)26-15-23(12-14-30(26)38)19-37(18-22-9-7-21(17-36)8-10-22)20-24-11-13-28(32)27(16-24)31(33,34)35/h3-6,11-16,21-22H,2,7-10,17-20,36H2,1H3. The maximum absolute atomic E-state index is 13.6. The minimum Gasteiger partial charge on any atom is -0.341 e. The fraction of sp³-hybridized carbons (Fsp3) is 0.419. The number of fused-ring (bicyclic) bond motifs is 3. The molecule has 1 heterocycles. The Hall–Kier alpha value is -2.54. The van der Waals surface area contributed by atoms with Crippen LogP contribution in [0.3, 0.4) is 0 Å². The van der Waals surface area contributed by atoms with Crippen molar-refractivity contribution in [2.75, 3.05) is 13.1 Å². The fourth-order valence-corrected chi connectivity index (χ4v) is 6.37. The number of aryl methyl sites for hydroxylation is 1. The van der Waals surface area contributed by atoms with Gasteiger partial charge >= 0.3 is 6.18 Å². The van der Waals surface area contributed by atoms with Crippen LogP contribution in [0.2, 0.25) is 5.02 Å². The highest BCUT2D eigenvalue weighted by atomic mass is 35.5. The van der Waals surface area contributed by atoms with Gasteiger partial charge in [-0.25, -0.2) is 0 Å². The molecule has 1 aliphatic rings. The minimum absolute atomic E-state index is 0.259. The molecular formula is C31H35ClF3N3. The van der Waals surface area contributed by atoms with E-state index in [2.05, 4.69) is 58.9 Å². The molecule has 0 radical (unpaired) electrons. The van der Waals surface area contributed by atoms with E-state index in [-0.39, 0.29) is 5.02 Å². The summed E-state index contributed by atoms with van der Waals surface area (Å²) in [6, 6.07) is 19.3. The van der Waals surface area contributed by atoms with Gasteiger partial charge in [0.15, 0.2) is 0 Å². The first-order valence-electron chi connectivity index (χ1n) is 13.5. The average molecular weight is 542 g/mol. The van der Waals surface area contributed by atoms with Gasteiger partial charge < -0.3 is 10.3 Å². The number of rotatable bonds is 8. The summed E-state index contributed by atoms with van der Waals surface area (Å²) in [5.74, 6) is 1.10. The van der Waals surface area contributed by atoms with Gasteiger partial charge in [-0.2, -0.15) is 13.2 Å². The second kappa shape index (κ2) is 11.3. The highest BCUT2D eigenvalue weighted by molar-refractivity contribution is 6.31. The summed E-state index contributed by atoms with van der Waals surface area (Å²) in [6.07, 6.45) is -0.0179. The van der Waals surface area contributed by atoms with E-state index in [0.717, 1.165) is 50.9 Å². The van der Waals surface area contributed by atoms with Gasteiger partial charge in [-0.3, -0.25) is 4.90 Å². The molecule has 0 amide bonds. The molecule has 4 aromatic rings. The quantitative estimate of drug-likeness (QED) is 0.244. The Balaban J connectivity index is 1.44. The molecule has 0 spiro atoms. The van der Waals surface area contributed by atoms with Gasteiger partial charge in [-0.1, -0.05) is 41.9 Å². The van der Waals surface area contributed by atoms with E-state index in [1.54, 1.807) is 6.07 Å². The molecule has 1 fully saturated rings. The Bertz CT molecular complexity index is 1400. The molecule has 2 N–H and O–H groups in total. The van der Waals surface area contributed by atoms with Crippen molar-refractivity contribution in [2.45, 2.75) is 58.4 Å². The number of hydrogen-bond acceptors (Lipinski definition) is 2. The van der Waals surface area contributed by atoms with Crippen molar-refractivity contribution in [1.29, 1.82) is 0 Å². The van der Waals surface area contributed by atoms with Crippen LogP contribution in [-0.2, 0) is 25.8 Å². The lowest BCUT2D eigenvalue weighted by Crippen LogP contribution is -2.32.